The van der Waals surface area contributed by atoms with Gasteiger partial charge >= 0.3 is 0 Å². The summed E-state index contributed by atoms with van der Waals surface area (Å²) in [5.74, 6) is 0. The molecule has 8 rings (SSSR count). The first kappa shape index (κ1) is 28.8. The Morgan fingerprint density at radius 3 is 1.40 bits per heavy atom. The number of anilines is 6. The van der Waals surface area contributed by atoms with E-state index in [-0.39, 0.29) is 5.41 Å². The van der Waals surface area contributed by atoms with Crippen LogP contribution < -0.4 is 9.80 Å². The maximum atomic E-state index is 2.41. The van der Waals surface area contributed by atoms with Crippen LogP contribution in [-0.2, 0) is 5.41 Å². The van der Waals surface area contributed by atoms with Gasteiger partial charge in [-0.2, -0.15) is 0 Å². The summed E-state index contributed by atoms with van der Waals surface area (Å²) < 4.78 is 0. The Bertz CT molecular complexity index is 2210. The van der Waals surface area contributed by atoms with E-state index in [9.17, 15) is 0 Å². The van der Waals surface area contributed by atoms with Crippen molar-refractivity contribution in [1.29, 1.82) is 0 Å². The first-order valence-corrected chi connectivity index (χ1v) is 16.4. The number of benzene rings is 7. The molecule has 0 heterocycles. The molecule has 1 aliphatic rings. The molecule has 228 valence electrons. The van der Waals surface area contributed by atoms with Crippen LogP contribution in [0.25, 0.3) is 21.9 Å². The molecule has 0 spiro atoms. The van der Waals surface area contributed by atoms with E-state index in [1.165, 1.54) is 49.8 Å². The summed E-state index contributed by atoms with van der Waals surface area (Å²) in [5, 5.41) is 2.56. The molecule has 2 heteroatoms. The Labute approximate surface area is 278 Å². The zero-order valence-corrected chi connectivity index (χ0v) is 27.4. The second-order valence-electron chi connectivity index (χ2n) is 13.3. The van der Waals surface area contributed by atoms with E-state index in [0.717, 1.165) is 28.4 Å². The van der Waals surface area contributed by atoms with Gasteiger partial charge in [0.2, 0.25) is 0 Å². The molecule has 7 aromatic rings. The van der Waals surface area contributed by atoms with Crippen LogP contribution in [0.2, 0.25) is 0 Å². The van der Waals surface area contributed by atoms with Gasteiger partial charge in [0, 0.05) is 39.5 Å². The molecule has 47 heavy (non-hydrogen) atoms. The molecule has 0 amide bonds. The van der Waals surface area contributed by atoms with Gasteiger partial charge < -0.3 is 9.80 Å². The Morgan fingerprint density at radius 2 is 0.851 bits per heavy atom. The third kappa shape index (κ3) is 4.98. The summed E-state index contributed by atoms with van der Waals surface area (Å²) in [6, 6.07) is 57.6. The number of hydrogen-bond acceptors (Lipinski definition) is 2. The molecule has 0 bridgehead atoms. The van der Waals surface area contributed by atoms with Crippen LogP contribution in [0, 0.1) is 13.8 Å². The van der Waals surface area contributed by atoms with Crippen LogP contribution in [0.1, 0.15) is 36.1 Å². The zero-order valence-electron chi connectivity index (χ0n) is 27.4. The smallest absolute Gasteiger partial charge is 0.0468 e. The molecule has 0 aliphatic heterocycles. The van der Waals surface area contributed by atoms with Crippen molar-refractivity contribution in [2.45, 2.75) is 33.1 Å². The molecule has 0 unspecified atom stereocenters. The minimum Gasteiger partial charge on any atom is -0.310 e. The third-order valence-electron chi connectivity index (χ3n) is 9.72. The molecular weight excluding hydrogens is 569 g/mol. The summed E-state index contributed by atoms with van der Waals surface area (Å²) in [6.07, 6.45) is 0. The monoisotopic (exact) mass is 606 g/mol. The Kier molecular flexibility index (Phi) is 6.95. The molecule has 0 N–H and O–H groups in total. The maximum Gasteiger partial charge on any atom is 0.0468 e. The second-order valence-corrected chi connectivity index (χ2v) is 13.3. The van der Waals surface area contributed by atoms with Gasteiger partial charge in [-0.3, -0.25) is 0 Å². The molecule has 0 saturated carbocycles. The zero-order chi connectivity index (χ0) is 32.1. The van der Waals surface area contributed by atoms with Gasteiger partial charge in [-0.05, 0) is 120 Å². The number of hydrogen-bond donors (Lipinski definition) is 0. The number of aryl methyl sites for hydroxylation is 2. The number of para-hydroxylation sites is 2. The number of rotatable bonds is 6. The molecule has 7 aromatic carbocycles. The average molecular weight is 607 g/mol. The average Bonchev–Trinajstić information content (AvgIpc) is 3.33. The van der Waals surface area contributed by atoms with Crippen molar-refractivity contribution in [3.8, 4) is 11.1 Å². The lowest BCUT2D eigenvalue weighted by molar-refractivity contribution is 0.666. The highest BCUT2D eigenvalue weighted by Crippen LogP contribution is 2.53. The van der Waals surface area contributed by atoms with Crippen molar-refractivity contribution in [3.63, 3.8) is 0 Å². The van der Waals surface area contributed by atoms with E-state index >= 15 is 0 Å². The minimum atomic E-state index is -0.173. The van der Waals surface area contributed by atoms with Crippen LogP contribution in [0.3, 0.4) is 0 Å². The van der Waals surface area contributed by atoms with Gasteiger partial charge in [-0.25, -0.2) is 0 Å². The second kappa shape index (κ2) is 11.3. The van der Waals surface area contributed by atoms with E-state index < -0.39 is 0 Å². The Hall–Kier alpha value is -5.60. The molecule has 0 saturated heterocycles. The van der Waals surface area contributed by atoms with E-state index in [1.54, 1.807) is 0 Å². The number of nitrogens with zero attached hydrogens (tertiary/aromatic N) is 2. The minimum absolute atomic E-state index is 0.173. The number of fused-ring (bicyclic) bond motifs is 5. The van der Waals surface area contributed by atoms with Gasteiger partial charge in [0.05, 0.1) is 0 Å². The summed E-state index contributed by atoms with van der Waals surface area (Å²) in [6.45, 7) is 9.05. The van der Waals surface area contributed by atoms with E-state index in [2.05, 4.69) is 195 Å². The SMILES string of the molecule is Cc1ccc(N(c2ccccc2)c2ccc3c(c2)C(C)(C)c2c-3ccc3cc(N(c4ccccc4)c4ccc(C)cc4)ccc23)cc1. The predicted molar refractivity (Wildman–Crippen MR) is 200 cm³/mol. The van der Waals surface area contributed by atoms with Crippen molar-refractivity contribution >= 4 is 44.9 Å². The normalized spacial score (nSPS) is 12.9. The fraction of sp³-hybridized carbons (Fsp3) is 0.111. The van der Waals surface area contributed by atoms with Crippen LogP contribution in [-0.4, -0.2) is 0 Å². The third-order valence-corrected chi connectivity index (χ3v) is 9.72. The van der Waals surface area contributed by atoms with Crippen molar-refractivity contribution in [1.82, 2.24) is 0 Å². The first-order chi connectivity index (χ1) is 22.9. The van der Waals surface area contributed by atoms with Crippen LogP contribution >= 0.6 is 0 Å². The molecule has 1 aliphatic carbocycles. The van der Waals surface area contributed by atoms with Gasteiger partial charge in [0.15, 0.2) is 0 Å². The lowest BCUT2D eigenvalue weighted by Crippen LogP contribution is -2.17. The molecule has 0 atom stereocenters. The summed E-state index contributed by atoms with van der Waals surface area (Å²) in [7, 11) is 0. The topological polar surface area (TPSA) is 6.48 Å². The fourth-order valence-corrected chi connectivity index (χ4v) is 7.35. The van der Waals surface area contributed by atoms with Gasteiger partial charge in [0.25, 0.3) is 0 Å². The lowest BCUT2D eigenvalue weighted by atomic mass is 9.80. The van der Waals surface area contributed by atoms with Crippen molar-refractivity contribution in [2.24, 2.45) is 0 Å². The van der Waals surface area contributed by atoms with Gasteiger partial charge in [0.1, 0.15) is 0 Å². The lowest BCUT2D eigenvalue weighted by Gasteiger charge is -2.29. The van der Waals surface area contributed by atoms with Crippen LogP contribution in [0.5, 0.6) is 0 Å². The molecule has 0 aromatic heterocycles. The standard InChI is InChI=1S/C45H38N2/c1-31-15-20-36(21-16-31)46(34-11-7-5-8-12-34)38-24-27-40-33(29-38)19-26-42-41-28-25-39(30-43(41)45(3,4)44(40)42)47(35-13-9-6-10-14-35)37-22-17-32(2)18-23-37/h5-30H,1-4H3. The maximum absolute atomic E-state index is 2.41. The Morgan fingerprint density at radius 1 is 0.404 bits per heavy atom. The van der Waals surface area contributed by atoms with Gasteiger partial charge in [-0.1, -0.05) is 110 Å². The molecule has 0 fully saturated rings. The summed E-state index contributed by atoms with van der Waals surface area (Å²) in [4.78, 5) is 4.72. The van der Waals surface area contributed by atoms with Gasteiger partial charge in [-0.15, -0.1) is 0 Å². The highest BCUT2D eigenvalue weighted by atomic mass is 15.1. The van der Waals surface area contributed by atoms with Crippen molar-refractivity contribution in [3.05, 3.63) is 180 Å². The van der Waals surface area contributed by atoms with Crippen LogP contribution in [0.4, 0.5) is 34.1 Å². The summed E-state index contributed by atoms with van der Waals surface area (Å²) >= 11 is 0. The van der Waals surface area contributed by atoms with E-state index in [0.29, 0.717) is 0 Å². The molecule has 2 nitrogen and oxygen atoms in total. The predicted octanol–water partition coefficient (Wildman–Crippen LogP) is 12.7. The van der Waals surface area contributed by atoms with Crippen LogP contribution in [0.15, 0.2) is 158 Å². The fourth-order valence-electron chi connectivity index (χ4n) is 7.35. The summed E-state index contributed by atoms with van der Waals surface area (Å²) in [5.41, 5.74) is 14.7. The Balaban J connectivity index is 1.24. The largest absolute Gasteiger partial charge is 0.310 e. The van der Waals surface area contributed by atoms with Crippen molar-refractivity contribution < 1.29 is 0 Å². The highest BCUT2D eigenvalue weighted by molar-refractivity contribution is 6.00. The first-order valence-electron chi connectivity index (χ1n) is 16.4. The highest BCUT2D eigenvalue weighted by Gasteiger charge is 2.37. The molecule has 0 radical (unpaired) electrons. The molecular formula is C45H38N2. The quantitative estimate of drug-likeness (QED) is 0.186. The van der Waals surface area contributed by atoms with E-state index in [1.807, 2.05) is 0 Å². The van der Waals surface area contributed by atoms with E-state index in [4.69, 9.17) is 0 Å². The van der Waals surface area contributed by atoms with Crippen molar-refractivity contribution in [2.75, 3.05) is 9.80 Å².